The van der Waals surface area contributed by atoms with Gasteiger partial charge in [0.15, 0.2) is 4.80 Å². The molecular weight excluding hydrogens is 466 g/mol. The number of hydrogen-bond acceptors (Lipinski definition) is 6. The first-order valence-corrected chi connectivity index (χ1v) is 13.8. The van der Waals surface area contributed by atoms with Crippen LogP contribution in [0.1, 0.15) is 25.3 Å². The fourth-order valence-corrected chi connectivity index (χ4v) is 7.70. The Hall–Kier alpha value is -1.85. The molecule has 1 atom stereocenters. The summed E-state index contributed by atoms with van der Waals surface area (Å²) in [6.45, 7) is 6.36. The van der Waals surface area contributed by atoms with Gasteiger partial charge in [0.05, 0.1) is 22.7 Å². The SMILES string of the molecule is CCOCCn1c(=NC(=O)C2CCCN(S(=O)(=O)c3cccs3)C2)sc2cc(C)ccc21. The van der Waals surface area contributed by atoms with Gasteiger partial charge in [0.2, 0.25) is 0 Å². The van der Waals surface area contributed by atoms with E-state index in [1.165, 1.54) is 27.0 Å². The predicted molar refractivity (Wildman–Crippen MR) is 127 cm³/mol. The summed E-state index contributed by atoms with van der Waals surface area (Å²) in [6.07, 6.45) is 1.29. The summed E-state index contributed by atoms with van der Waals surface area (Å²) in [7, 11) is -3.57. The second kappa shape index (κ2) is 9.96. The predicted octanol–water partition coefficient (Wildman–Crippen LogP) is 3.64. The van der Waals surface area contributed by atoms with Gasteiger partial charge in [-0.2, -0.15) is 9.30 Å². The van der Waals surface area contributed by atoms with Crippen molar-refractivity contribution in [2.24, 2.45) is 10.9 Å². The Morgan fingerprint density at radius 3 is 2.91 bits per heavy atom. The van der Waals surface area contributed by atoms with Crippen molar-refractivity contribution in [3.05, 3.63) is 46.1 Å². The number of thiophene rings is 1. The van der Waals surface area contributed by atoms with Crippen molar-refractivity contribution in [2.75, 3.05) is 26.3 Å². The van der Waals surface area contributed by atoms with Gasteiger partial charge in [-0.1, -0.05) is 23.5 Å². The van der Waals surface area contributed by atoms with Crippen molar-refractivity contribution >= 4 is 48.8 Å². The average Bonchev–Trinajstić information content (AvgIpc) is 3.43. The number of thiazole rings is 1. The first-order chi connectivity index (χ1) is 15.4. The van der Waals surface area contributed by atoms with Crippen LogP contribution in [0, 0.1) is 12.8 Å². The monoisotopic (exact) mass is 493 g/mol. The van der Waals surface area contributed by atoms with Crippen molar-refractivity contribution in [3.8, 4) is 0 Å². The van der Waals surface area contributed by atoms with Gasteiger partial charge >= 0.3 is 0 Å². The molecule has 0 saturated carbocycles. The molecule has 1 aromatic carbocycles. The van der Waals surface area contributed by atoms with Gasteiger partial charge in [0, 0.05) is 26.2 Å². The molecule has 1 aliphatic heterocycles. The summed E-state index contributed by atoms with van der Waals surface area (Å²) >= 11 is 2.68. The van der Waals surface area contributed by atoms with Gasteiger partial charge < -0.3 is 9.30 Å². The van der Waals surface area contributed by atoms with Crippen LogP contribution in [-0.4, -0.2) is 49.5 Å². The fraction of sp³-hybridized carbons (Fsp3) is 0.455. The molecule has 0 spiro atoms. The van der Waals surface area contributed by atoms with E-state index in [-0.39, 0.29) is 12.5 Å². The standard InChI is InChI=1S/C22H27N3O4S3/c1-3-29-12-11-25-18-9-8-16(2)14-19(18)31-22(25)23-21(26)17-6-4-10-24(15-17)32(27,28)20-7-5-13-30-20/h5,7-9,13-14,17H,3-4,6,10-12,15H2,1-2H3. The lowest BCUT2D eigenvalue weighted by Gasteiger charge is -2.29. The van der Waals surface area contributed by atoms with Crippen LogP contribution in [0.3, 0.4) is 0 Å². The smallest absolute Gasteiger partial charge is 0.252 e. The fourth-order valence-electron chi connectivity index (χ4n) is 3.87. The maximum absolute atomic E-state index is 13.1. The summed E-state index contributed by atoms with van der Waals surface area (Å²) in [5.74, 6) is -0.699. The molecule has 1 saturated heterocycles. The van der Waals surface area contributed by atoms with Crippen LogP contribution in [0.25, 0.3) is 10.2 Å². The first kappa shape index (κ1) is 23.3. The zero-order chi connectivity index (χ0) is 22.7. The van der Waals surface area contributed by atoms with Crippen LogP contribution in [0.4, 0.5) is 0 Å². The number of nitrogens with zero attached hydrogens (tertiary/aromatic N) is 3. The highest BCUT2D eigenvalue weighted by atomic mass is 32.2. The molecule has 32 heavy (non-hydrogen) atoms. The molecule has 3 heterocycles. The number of aryl methyl sites for hydroxylation is 1. The molecule has 3 aromatic rings. The molecule has 1 unspecified atom stereocenters. The number of ether oxygens (including phenoxy) is 1. The van der Waals surface area contributed by atoms with E-state index in [9.17, 15) is 13.2 Å². The number of carbonyl (C=O) groups is 1. The molecule has 1 fully saturated rings. The highest BCUT2D eigenvalue weighted by molar-refractivity contribution is 7.91. The van der Waals surface area contributed by atoms with E-state index in [0.717, 1.165) is 15.8 Å². The number of aromatic nitrogens is 1. The minimum atomic E-state index is -3.57. The maximum Gasteiger partial charge on any atom is 0.252 e. The van der Waals surface area contributed by atoms with Gasteiger partial charge in [-0.3, -0.25) is 4.79 Å². The van der Waals surface area contributed by atoms with Crippen molar-refractivity contribution < 1.29 is 17.9 Å². The Bertz CT molecular complexity index is 1260. The number of amides is 1. The number of carbonyl (C=O) groups excluding carboxylic acids is 1. The molecule has 172 valence electrons. The lowest BCUT2D eigenvalue weighted by Crippen LogP contribution is -2.42. The third-order valence-corrected chi connectivity index (χ3v) is 9.81. The molecule has 1 aliphatic rings. The van der Waals surface area contributed by atoms with Crippen molar-refractivity contribution in [1.29, 1.82) is 0 Å². The lowest BCUT2D eigenvalue weighted by atomic mass is 9.99. The number of hydrogen-bond donors (Lipinski definition) is 0. The molecule has 4 rings (SSSR count). The zero-order valence-electron chi connectivity index (χ0n) is 18.2. The largest absolute Gasteiger partial charge is 0.380 e. The van der Waals surface area contributed by atoms with E-state index < -0.39 is 15.9 Å². The molecule has 0 radical (unpaired) electrons. The molecule has 7 nitrogen and oxygen atoms in total. The summed E-state index contributed by atoms with van der Waals surface area (Å²) < 4.78 is 36.2. The molecule has 1 amide bonds. The summed E-state index contributed by atoms with van der Waals surface area (Å²) in [5, 5.41) is 1.75. The topological polar surface area (TPSA) is 81.0 Å². The van der Waals surface area contributed by atoms with Crippen LogP contribution in [0.15, 0.2) is 44.9 Å². The van der Waals surface area contributed by atoms with Gasteiger partial charge in [0.25, 0.3) is 15.9 Å². The highest BCUT2D eigenvalue weighted by Crippen LogP contribution is 2.27. The number of rotatable bonds is 7. The normalized spacial score (nSPS) is 18.4. The quantitative estimate of drug-likeness (QED) is 0.471. The second-order valence-corrected chi connectivity index (χ2v) is 11.9. The zero-order valence-corrected chi connectivity index (χ0v) is 20.6. The molecule has 2 aromatic heterocycles. The lowest BCUT2D eigenvalue weighted by molar-refractivity contribution is -0.122. The minimum Gasteiger partial charge on any atom is -0.380 e. The van der Waals surface area contributed by atoms with E-state index in [4.69, 9.17) is 4.74 Å². The van der Waals surface area contributed by atoms with Crippen LogP contribution in [-0.2, 0) is 26.1 Å². The average molecular weight is 494 g/mol. The summed E-state index contributed by atoms with van der Waals surface area (Å²) in [6, 6.07) is 9.52. The van der Waals surface area contributed by atoms with Crippen LogP contribution >= 0.6 is 22.7 Å². The molecule has 10 heteroatoms. The number of piperidine rings is 1. The second-order valence-electron chi connectivity index (χ2n) is 7.79. The Kier molecular flexibility index (Phi) is 7.26. The van der Waals surface area contributed by atoms with Gasteiger partial charge in [-0.15, -0.1) is 11.3 Å². The third-order valence-electron chi connectivity index (χ3n) is 5.53. The Morgan fingerprint density at radius 1 is 1.31 bits per heavy atom. The van der Waals surface area contributed by atoms with Crippen molar-refractivity contribution in [1.82, 2.24) is 8.87 Å². The van der Waals surface area contributed by atoms with E-state index in [1.54, 1.807) is 17.5 Å². The third kappa shape index (κ3) is 4.89. The van der Waals surface area contributed by atoms with Crippen LogP contribution < -0.4 is 4.80 Å². The van der Waals surface area contributed by atoms with Crippen LogP contribution in [0.5, 0.6) is 0 Å². The van der Waals surface area contributed by atoms with Gasteiger partial charge in [0.1, 0.15) is 4.21 Å². The highest BCUT2D eigenvalue weighted by Gasteiger charge is 2.33. The Labute approximate surface area is 196 Å². The van der Waals surface area contributed by atoms with E-state index in [0.29, 0.717) is 48.2 Å². The summed E-state index contributed by atoms with van der Waals surface area (Å²) in [4.78, 5) is 18.2. The van der Waals surface area contributed by atoms with Crippen molar-refractivity contribution in [3.63, 3.8) is 0 Å². The van der Waals surface area contributed by atoms with Gasteiger partial charge in [-0.25, -0.2) is 8.42 Å². The molecule has 0 bridgehead atoms. The number of benzene rings is 1. The molecule has 0 N–H and O–H groups in total. The minimum absolute atomic E-state index is 0.172. The van der Waals surface area contributed by atoms with E-state index in [1.807, 2.05) is 30.5 Å². The van der Waals surface area contributed by atoms with E-state index in [2.05, 4.69) is 11.1 Å². The molecular formula is C22H27N3O4S3. The Morgan fingerprint density at radius 2 is 2.16 bits per heavy atom. The van der Waals surface area contributed by atoms with Crippen LogP contribution in [0.2, 0.25) is 0 Å². The Balaban J connectivity index is 1.62. The maximum atomic E-state index is 13.1. The number of sulfonamides is 1. The molecule has 0 aliphatic carbocycles. The van der Waals surface area contributed by atoms with E-state index >= 15 is 0 Å². The van der Waals surface area contributed by atoms with Gasteiger partial charge in [-0.05, 0) is 55.8 Å². The van der Waals surface area contributed by atoms with Crippen molar-refractivity contribution in [2.45, 2.75) is 37.4 Å². The number of fused-ring (bicyclic) bond motifs is 1. The summed E-state index contributed by atoms with van der Waals surface area (Å²) in [5.41, 5.74) is 2.17. The first-order valence-electron chi connectivity index (χ1n) is 10.7.